The van der Waals surface area contributed by atoms with Gasteiger partial charge in [0.15, 0.2) is 9.84 Å². The highest BCUT2D eigenvalue weighted by atomic mass is 32.2. The number of halogens is 3. The van der Waals surface area contributed by atoms with E-state index in [-0.39, 0.29) is 36.0 Å². The summed E-state index contributed by atoms with van der Waals surface area (Å²) in [4.78, 5) is 11.7. The van der Waals surface area contributed by atoms with Crippen LogP contribution in [0.1, 0.15) is 17.5 Å². The van der Waals surface area contributed by atoms with Crippen molar-refractivity contribution in [2.45, 2.75) is 19.0 Å². The van der Waals surface area contributed by atoms with Crippen LogP contribution in [0.5, 0.6) is 0 Å². The largest absolute Gasteiger partial charge is 0.416 e. The van der Waals surface area contributed by atoms with Gasteiger partial charge in [-0.3, -0.25) is 4.79 Å². The van der Waals surface area contributed by atoms with Crippen LogP contribution in [0.15, 0.2) is 24.3 Å². The van der Waals surface area contributed by atoms with Gasteiger partial charge in [-0.05, 0) is 24.0 Å². The Labute approximate surface area is 126 Å². The number of hydrogen-bond acceptors (Lipinski definition) is 3. The van der Waals surface area contributed by atoms with Crippen molar-refractivity contribution in [3.05, 3.63) is 35.4 Å². The van der Waals surface area contributed by atoms with E-state index in [1.807, 2.05) is 0 Å². The molecule has 0 aromatic heterocycles. The van der Waals surface area contributed by atoms with Crippen LogP contribution in [0.25, 0.3) is 0 Å². The number of amides is 1. The van der Waals surface area contributed by atoms with Gasteiger partial charge >= 0.3 is 6.18 Å². The molecule has 0 saturated carbocycles. The zero-order valence-corrected chi connectivity index (χ0v) is 12.5. The molecule has 1 atom stereocenters. The molecule has 2 rings (SSSR count). The van der Waals surface area contributed by atoms with Crippen LogP contribution in [0.4, 0.5) is 13.2 Å². The molecular weight excluding hydrogens is 319 g/mol. The van der Waals surface area contributed by atoms with E-state index in [1.165, 1.54) is 12.1 Å². The predicted octanol–water partition coefficient (Wildman–Crippen LogP) is 1.80. The van der Waals surface area contributed by atoms with Crippen molar-refractivity contribution in [2.24, 2.45) is 5.92 Å². The highest BCUT2D eigenvalue weighted by Crippen LogP contribution is 2.29. The zero-order chi connectivity index (χ0) is 16.4. The number of sulfone groups is 1. The van der Waals surface area contributed by atoms with E-state index in [0.717, 1.165) is 12.1 Å². The average molecular weight is 335 g/mol. The minimum Gasteiger partial charge on any atom is -0.356 e. The van der Waals surface area contributed by atoms with Gasteiger partial charge in [0.2, 0.25) is 5.91 Å². The molecule has 1 aromatic carbocycles. The molecule has 122 valence electrons. The lowest BCUT2D eigenvalue weighted by Crippen LogP contribution is -2.31. The second-order valence-electron chi connectivity index (χ2n) is 5.45. The Morgan fingerprint density at radius 2 is 2.05 bits per heavy atom. The molecule has 1 fully saturated rings. The Morgan fingerprint density at radius 1 is 1.32 bits per heavy atom. The SMILES string of the molecule is O=C(Cc1cccc(C(F)(F)F)c1)NCC1CCS(=O)(=O)C1. The molecule has 1 saturated heterocycles. The van der Waals surface area contributed by atoms with Gasteiger partial charge in [0.1, 0.15) is 0 Å². The van der Waals surface area contributed by atoms with Crippen molar-refractivity contribution in [1.29, 1.82) is 0 Å². The summed E-state index contributed by atoms with van der Waals surface area (Å²) in [7, 11) is -3.00. The Bertz CT molecular complexity index is 656. The maximum absolute atomic E-state index is 12.6. The van der Waals surface area contributed by atoms with Gasteiger partial charge in [-0.1, -0.05) is 18.2 Å². The van der Waals surface area contributed by atoms with Crippen molar-refractivity contribution in [1.82, 2.24) is 5.32 Å². The van der Waals surface area contributed by atoms with Crippen molar-refractivity contribution in [3.8, 4) is 0 Å². The molecule has 0 aliphatic carbocycles. The molecule has 4 nitrogen and oxygen atoms in total. The van der Waals surface area contributed by atoms with Crippen LogP contribution in [-0.2, 0) is 27.2 Å². The van der Waals surface area contributed by atoms with Crippen LogP contribution in [0.2, 0.25) is 0 Å². The molecule has 0 bridgehead atoms. The van der Waals surface area contributed by atoms with Crippen molar-refractivity contribution >= 4 is 15.7 Å². The van der Waals surface area contributed by atoms with Gasteiger partial charge < -0.3 is 5.32 Å². The number of alkyl halides is 3. The predicted molar refractivity (Wildman–Crippen MR) is 74.9 cm³/mol. The van der Waals surface area contributed by atoms with Crippen LogP contribution in [-0.4, -0.2) is 32.4 Å². The minimum absolute atomic E-state index is 0.0524. The summed E-state index contributed by atoms with van der Waals surface area (Å²) in [6, 6.07) is 4.61. The first kappa shape index (κ1) is 16.8. The smallest absolute Gasteiger partial charge is 0.356 e. The van der Waals surface area contributed by atoms with Crippen molar-refractivity contribution in [2.75, 3.05) is 18.1 Å². The number of benzene rings is 1. The summed E-state index contributed by atoms with van der Waals surface area (Å²) in [6.07, 6.45) is -4.10. The Hall–Kier alpha value is -1.57. The van der Waals surface area contributed by atoms with Gasteiger partial charge in [-0.15, -0.1) is 0 Å². The molecule has 8 heteroatoms. The van der Waals surface area contributed by atoms with Crippen LogP contribution in [0, 0.1) is 5.92 Å². The number of rotatable bonds is 4. The fourth-order valence-corrected chi connectivity index (χ4v) is 4.26. The molecule has 1 heterocycles. The second kappa shape index (κ2) is 6.28. The Balaban J connectivity index is 1.87. The van der Waals surface area contributed by atoms with E-state index in [0.29, 0.717) is 6.42 Å². The third-order valence-corrected chi connectivity index (χ3v) is 5.37. The van der Waals surface area contributed by atoms with E-state index >= 15 is 0 Å². The lowest BCUT2D eigenvalue weighted by atomic mass is 10.1. The highest BCUT2D eigenvalue weighted by Gasteiger charge is 2.30. The van der Waals surface area contributed by atoms with E-state index in [9.17, 15) is 26.4 Å². The first-order valence-corrected chi connectivity index (χ1v) is 8.61. The summed E-state index contributed by atoms with van der Waals surface area (Å²) in [6.45, 7) is 0.233. The molecule has 0 spiro atoms. The zero-order valence-electron chi connectivity index (χ0n) is 11.7. The topological polar surface area (TPSA) is 63.2 Å². The normalized spacial score (nSPS) is 20.8. The molecule has 1 unspecified atom stereocenters. The van der Waals surface area contributed by atoms with E-state index in [2.05, 4.69) is 5.32 Å². The summed E-state index contributed by atoms with van der Waals surface area (Å²) in [5.74, 6) is -0.350. The molecule has 1 amide bonds. The lowest BCUT2D eigenvalue weighted by Gasteiger charge is -2.11. The number of hydrogen-bond donors (Lipinski definition) is 1. The van der Waals surface area contributed by atoms with Crippen molar-refractivity contribution in [3.63, 3.8) is 0 Å². The lowest BCUT2D eigenvalue weighted by molar-refractivity contribution is -0.137. The van der Waals surface area contributed by atoms with Gasteiger partial charge in [-0.25, -0.2) is 8.42 Å². The van der Waals surface area contributed by atoms with E-state index < -0.39 is 27.5 Å². The maximum Gasteiger partial charge on any atom is 0.416 e. The first-order chi connectivity index (χ1) is 10.2. The summed E-state index contributed by atoms with van der Waals surface area (Å²) < 4.78 is 60.3. The van der Waals surface area contributed by atoms with Crippen LogP contribution >= 0.6 is 0 Å². The molecule has 1 N–H and O–H groups in total. The standard InChI is InChI=1S/C14H16F3NO3S/c15-14(16,17)12-3-1-2-10(6-12)7-13(19)18-8-11-4-5-22(20,21)9-11/h1-3,6,11H,4-5,7-9H2,(H,18,19). The third kappa shape index (κ3) is 4.72. The molecule has 22 heavy (non-hydrogen) atoms. The van der Waals surface area contributed by atoms with Gasteiger partial charge in [0, 0.05) is 6.54 Å². The maximum atomic E-state index is 12.6. The monoisotopic (exact) mass is 335 g/mol. The van der Waals surface area contributed by atoms with Gasteiger partial charge in [0.25, 0.3) is 0 Å². The van der Waals surface area contributed by atoms with Gasteiger partial charge in [-0.2, -0.15) is 13.2 Å². The quantitative estimate of drug-likeness (QED) is 0.913. The summed E-state index contributed by atoms with van der Waals surface area (Å²) in [5, 5.41) is 2.58. The number of carbonyl (C=O) groups excluding carboxylic acids is 1. The number of carbonyl (C=O) groups is 1. The van der Waals surface area contributed by atoms with Crippen LogP contribution in [0.3, 0.4) is 0 Å². The fraction of sp³-hybridized carbons (Fsp3) is 0.500. The molecule has 1 aliphatic rings. The molecule has 1 aromatic rings. The minimum atomic E-state index is -4.44. The number of nitrogens with one attached hydrogen (secondary N) is 1. The molecule has 0 radical (unpaired) electrons. The van der Waals surface area contributed by atoms with E-state index in [4.69, 9.17) is 0 Å². The Kier molecular flexibility index (Phi) is 4.79. The van der Waals surface area contributed by atoms with Crippen LogP contribution < -0.4 is 5.32 Å². The van der Waals surface area contributed by atoms with Gasteiger partial charge in [0.05, 0.1) is 23.5 Å². The molecule has 1 aliphatic heterocycles. The fourth-order valence-electron chi connectivity index (χ4n) is 2.40. The second-order valence-corrected chi connectivity index (χ2v) is 7.68. The van der Waals surface area contributed by atoms with Crippen molar-refractivity contribution < 1.29 is 26.4 Å². The first-order valence-electron chi connectivity index (χ1n) is 6.79. The average Bonchev–Trinajstić information content (AvgIpc) is 2.75. The molecular formula is C14H16F3NO3S. The highest BCUT2D eigenvalue weighted by molar-refractivity contribution is 7.91. The summed E-state index contributed by atoms with van der Waals surface area (Å²) in [5.41, 5.74) is -0.522. The third-order valence-electron chi connectivity index (χ3n) is 3.53. The van der Waals surface area contributed by atoms with E-state index in [1.54, 1.807) is 0 Å². The summed E-state index contributed by atoms with van der Waals surface area (Å²) >= 11 is 0. The Morgan fingerprint density at radius 3 is 2.64 bits per heavy atom.